The number of nitrogens with two attached hydrogens (primary N) is 1. The van der Waals surface area contributed by atoms with E-state index in [1.54, 1.807) is 6.07 Å². The molecule has 1 saturated heterocycles. The fourth-order valence-corrected chi connectivity index (χ4v) is 3.99. The van der Waals surface area contributed by atoms with Crippen LogP contribution in [0.2, 0.25) is 0 Å². The Morgan fingerprint density at radius 2 is 1.96 bits per heavy atom. The second-order valence-electron chi connectivity index (χ2n) is 7.11. The molecule has 26 heavy (non-hydrogen) atoms. The highest BCUT2D eigenvalue weighted by Gasteiger charge is 2.31. The number of aryl methyl sites for hydroxylation is 1. The van der Waals surface area contributed by atoms with Gasteiger partial charge in [-0.05, 0) is 50.6 Å². The first kappa shape index (κ1) is 18.6. The molecule has 2 heterocycles. The van der Waals surface area contributed by atoms with Gasteiger partial charge in [-0.3, -0.25) is 4.90 Å². The lowest BCUT2D eigenvalue weighted by Gasteiger charge is -2.46. The third-order valence-corrected chi connectivity index (χ3v) is 5.40. The second-order valence-corrected chi connectivity index (χ2v) is 7.11. The first-order chi connectivity index (χ1) is 12.4. The normalized spacial score (nSPS) is 21.2. The molecule has 0 bridgehead atoms. The number of hydrogen-bond acceptors (Lipinski definition) is 5. The molecule has 2 N–H and O–H groups in total. The summed E-state index contributed by atoms with van der Waals surface area (Å²) in [5, 5.41) is 8.38. The standard InChI is InChI=1S/C20H28FN5/c1-5-16-12-25(11-14(4)26(16)6-2)19-10-18(23-24-20(19)22)17-9-15(21)8-7-13(17)3/h7-10,14,16H,5-6,11-12H2,1-4H3,(H2,22,24). The van der Waals surface area contributed by atoms with Crippen LogP contribution < -0.4 is 10.6 Å². The molecule has 1 aromatic heterocycles. The summed E-state index contributed by atoms with van der Waals surface area (Å²) in [6.07, 6.45) is 1.09. The van der Waals surface area contributed by atoms with Crippen molar-refractivity contribution in [1.29, 1.82) is 0 Å². The molecule has 2 atom stereocenters. The second kappa shape index (κ2) is 7.58. The Labute approximate surface area is 155 Å². The maximum atomic E-state index is 13.7. The summed E-state index contributed by atoms with van der Waals surface area (Å²) >= 11 is 0. The van der Waals surface area contributed by atoms with Crippen molar-refractivity contribution in [3.05, 3.63) is 35.6 Å². The van der Waals surface area contributed by atoms with E-state index in [1.165, 1.54) is 12.1 Å². The number of benzene rings is 1. The molecule has 0 amide bonds. The minimum Gasteiger partial charge on any atom is -0.380 e. The molecule has 0 radical (unpaired) electrons. The van der Waals surface area contributed by atoms with Gasteiger partial charge in [-0.1, -0.05) is 19.9 Å². The molecular formula is C20H28FN5. The van der Waals surface area contributed by atoms with Crippen molar-refractivity contribution in [2.45, 2.75) is 46.2 Å². The van der Waals surface area contributed by atoms with Crippen molar-refractivity contribution in [3.8, 4) is 11.3 Å². The average molecular weight is 357 g/mol. The fourth-order valence-electron chi connectivity index (χ4n) is 3.99. The number of aromatic nitrogens is 2. The van der Waals surface area contributed by atoms with E-state index in [9.17, 15) is 4.39 Å². The predicted molar refractivity (Wildman–Crippen MR) is 105 cm³/mol. The number of anilines is 2. The first-order valence-corrected chi connectivity index (χ1v) is 9.35. The summed E-state index contributed by atoms with van der Waals surface area (Å²) in [4.78, 5) is 4.84. The molecule has 3 rings (SSSR count). The lowest BCUT2D eigenvalue weighted by molar-refractivity contribution is 0.125. The lowest BCUT2D eigenvalue weighted by Crippen LogP contribution is -2.57. The summed E-state index contributed by atoms with van der Waals surface area (Å²) in [6, 6.07) is 7.59. The Morgan fingerprint density at radius 3 is 2.65 bits per heavy atom. The maximum Gasteiger partial charge on any atom is 0.169 e. The van der Waals surface area contributed by atoms with E-state index in [0.717, 1.165) is 42.9 Å². The molecule has 0 aliphatic carbocycles. The summed E-state index contributed by atoms with van der Waals surface area (Å²) < 4.78 is 13.7. The van der Waals surface area contributed by atoms with Gasteiger partial charge in [-0.2, -0.15) is 0 Å². The van der Waals surface area contributed by atoms with E-state index in [-0.39, 0.29) is 5.82 Å². The van der Waals surface area contributed by atoms with Gasteiger partial charge in [0.2, 0.25) is 0 Å². The van der Waals surface area contributed by atoms with Gasteiger partial charge in [-0.25, -0.2) is 4.39 Å². The average Bonchev–Trinajstić information content (AvgIpc) is 2.63. The molecule has 6 heteroatoms. The van der Waals surface area contributed by atoms with Crippen molar-refractivity contribution < 1.29 is 4.39 Å². The van der Waals surface area contributed by atoms with Crippen molar-refractivity contribution in [2.24, 2.45) is 0 Å². The molecule has 0 saturated carbocycles. The SMILES string of the molecule is CCC1CN(c2cc(-c3cc(F)ccc3C)nnc2N)CC(C)N1CC. The van der Waals surface area contributed by atoms with Crippen molar-refractivity contribution in [2.75, 3.05) is 30.3 Å². The Kier molecular flexibility index (Phi) is 5.41. The summed E-state index contributed by atoms with van der Waals surface area (Å²) in [6.45, 7) is 11.5. The number of likely N-dealkylation sites (N-methyl/N-ethyl adjacent to an activating group) is 1. The molecule has 2 unspecified atom stereocenters. The number of rotatable bonds is 4. The van der Waals surface area contributed by atoms with Crippen LogP contribution in [0.25, 0.3) is 11.3 Å². The molecule has 140 valence electrons. The number of nitrogens with zero attached hydrogens (tertiary/aromatic N) is 4. The fraction of sp³-hybridized carbons (Fsp3) is 0.500. The molecule has 1 aromatic carbocycles. The topological polar surface area (TPSA) is 58.3 Å². The maximum absolute atomic E-state index is 13.7. The third-order valence-electron chi connectivity index (χ3n) is 5.40. The van der Waals surface area contributed by atoms with Crippen LogP contribution in [0.15, 0.2) is 24.3 Å². The van der Waals surface area contributed by atoms with Crippen molar-refractivity contribution >= 4 is 11.5 Å². The minimum atomic E-state index is -0.276. The van der Waals surface area contributed by atoms with Gasteiger partial charge in [0.05, 0.1) is 11.4 Å². The van der Waals surface area contributed by atoms with Crippen LogP contribution in [0.5, 0.6) is 0 Å². The zero-order chi connectivity index (χ0) is 18.8. The Balaban J connectivity index is 1.97. The quantitative estimate of drug-likeness (QED) is 0.908. The lowest BCUT2D eigenvalue weighted by atomic mass is 10.0. The number of hydrogen-bond donors (Lipinski definition) is 1. The number of halogens is 1. The Hall–Kier alpha value is -2.21. The van der Waals surface area contributed by atoms with Gasteiger partial charge >= 0.3 is 0 Å². The summed E-state index contributed by atoms with van der Waals surface area (Å²) in [5.41, 5.74) is 9.43. The molecule has 1 fully saturated rings. The van der Waals surface area contributed by atoms with Crippen LogP contribution in [0.3, 0.4) is 0 Å². The van der Waals surface area contributed by atoms with Gasteiger partial charge in [0.25, 0.3) is 0 Å². The molecular weight excluding hydrogens is 329 g/mol. The molecule has 2 aromatic rings. The highest BCUT2D eigenvalue weighted by Crippen LogP contribution is 2.31. The Bertz CT molecular complexity index is 779. The van der Waals surface area contributed by atoms with E-state index in [1.807, 2.05) is 13.0 Å². The number of piperazine rings is 1. The minimum absolute atomic E-state index is 0.276. The summed E-state index contributed by atoms with van der Waals surface area (Å²) in [7, 11) is 0. The monoisotopic (exact) mass is 357 g/mol. The summed E-state index contributed by atoms with van der Waals surface area (Å²) in [5.74, 6) is 0.150. The van der Waals surface area contributed by atoms with Gasteiger partial charge in [0, 0.05) is 30.7 Å². The predicted octanol–water partition coefficient (Wildman–Crippen LogP) is 3.48. The first-order valence-electron chi connectivity index (χ1n) is 9.35. The zero-order valence-corrected chi connectivity index (χ0v) is 16.0. The molecule has 5 nitrogen and oxygen atoms in total. The molecule has 0 spiro atoms. The highest BCUT2D eigenvalue weighted by atomic mass is 19.1. The van der Waals surface area contributed by atoms with Gasteiger partial charge in [0.15, 0.2) is 5.82 Å². The van der Waals surface area contributed by atoms with Crippen LogP contribution in [0.1, 0.15) is 32.8 Å². The van der Waals surface area contributed by atoms with Crippen molar-refractivity contribution in [1.82, 2.24) is 15.1 Å². The smallest absolute Gasteiger partial charge is 0.169 e. The van der Waals surface area contributed by atoms with Crippen LogP contribution in [-0.4, -0.2) is 46.8 Å². The van der Waals surface area contributed by atoms with Crippen LogP contribution in [0.4, 0.5) is 15.9 Å². The van der Waals surface area contributed by atoms with E-state index >= 15 is 0 Å². The van der Waals surface area contributed by atoms with E-state index < -0.39 is 0 Å². The zero-order valence-electron chi connectivity index (χ0n) is 16.0. The van der Waals surface area contributed by atoms with Crippen LogP contribution in [-0.2, 0) is 0 Å². The van der Waals surface area contributed by atoms with E-state index in [2.05, 4.69) is 40.8 Å². The Morgan fingerprint density at radius 1 is 1.19 bits per heavy atom. The van der Waals surface area contributed by atoms with Crippen molar-refractivity contribution in [3.63, 3.8) is 0 Å². The van der Waals surface area contributed by atoms with E-state index in [4.69, 9.17) is 5.73 Å². The third kappa shape index (κ3) is 3.51. The van der Waals surface area contributed by atoms with Gasteiger partial charge in [0.1, 0.15) is 5.82 Å². The van der Waals surface area contributed by atoms with Crippen LogP contribution in [0, 0.1) is 12.7 Å². The van der Waals surface area contributed by atoms with Gasteiger partial charge in [-0.15, -0.1) is 10.2 Å². The van der Waals surface area contributed by atoms with E-state index in [0.29, 0.717) is 23.6 Å². The molecule has 1 aliphatic rings. The van der Waals surface area contributed by atoms with Gasteiger partial charge < -0.3 is 10.6 Å². The highest BCUT2D eigenvalue weighted by molar-refractivity contribution is 5.72. The largest absolute Gasteiger partial charge is 0.380 e. The van der Waals surface area contributed by atoms with Crippen LogP contribution >= 0.6 is 0 Å². The number of nitrogen functional groups attached to an aromatic ring is 1. The molecule has 1 aliphatic heterocycles.